The lowest BCUT2D eigenvalue weighted by atomic mass is 10.3. The van der Waals surface area contributed by atoms with Crippen LogP contribution in [0.3, 0.4) is 0 Å². The standard InChI is InChI=1S/C9H10N2O3S/c10-9(13)14-8(15)7(12)11-6-4-2-1-3-5-6/h1-5,8,15H,(H2,10,13)(H,11,12). The molecule has 1 unspecified atom stereocenters. The van der Waals surface area contributed by atoms with E-state index in [2.05, 4.69) is 22.7 Å². The van der Waals surface area contributed by atoms with Gasteiger partial charge in [-0.2, -0.15) is 0 Å². The number of hydrogen-bond acceptors (Lipinski definition) is 4. The molecule has 0 saturated heterocycles. The zero-order chi connectivity index (χ0) is 11.3. The van der Waals surface area contributed by atoms with Gasteiger partial charge in [-0.05, 0) is 12.1 Å². The maximum atomic E-state index is 11.3. The number of amides is 2. The van der Waals surface area contributed by atoms with Crippen LogP contribution in [0.1, 0.15) is 0 Å². The van der Waals surface area contributed by atoms with Crippen molar-refractivity contribution in [3.05, 3.63) is 30.3 Å². The Balaban J connectivity index is 2.52. The fraction of sp³-hybridized carbons (Fsp3) is 0.111. The molecule has 0 spiro atoms. The Morgan fingerprint density at radius 2 is 1.93 bits per heavy atom. The summed E-state index contributed by atoms with van der Waals surface area (Å²) in [7, 11) is 0. The molecule has 1 aromatic carbocycles. The van der Waals surface area contributed by atoms with Crippen molar-refractivity contribution in [3.63, 3.8) is 0 Å². The molecule has 3 N–H and O–H groups in total. The van der Waals surface area contributed by atoms with Gasteiger partial charge in [-0.25, -0.2) is 4.79 Å². The van der Waals surface area contributed by atoms with Crippen LogP contribution in [0.25, 0.3) is 0 Å². The highest BCUT2D eigenvalue weighted by molar-refractivity contribution is 7.81. The van der Waals surface area contributed by atoms with E-state index in [1.165, 1.54) is 0 Å². The van der Waals surface area contributed by atoms with Gasteiger partial charge < -0.3 is 15.8 Å². The van der Waals surface area contributed by atoms with E-state index in [0.29, 0.717) is 5.69 Å². The topological polar surface area (TPSA) is 81.4 Å². The van der Waals surface area contributed by atoms with Crippen LogP contribution in [0.5, 0.6) is 0 Å². The summed E-state index contributed by atoms with van der Waals surface area (Å²) in [6, 6.07) is 8.73. The van der Waals surface area contributed by atoms with Crippen LogP contribution in [-0.4, -0.2) is 17.4 Å². The Morgan fingerprint density at radius 3 is 2.47 bits per heavy atom. The summed E-state index contributed by atoms with van der Waals surface area (Å²) >= 11 is 3.76. The molecule has 1 aromatic rings. The summed E-state index contributed by atoms with van der Waals surface area (Å²) in [6.45, 7) is 0. The average Bonchev–Trinajstić information content (AvgIpc) is 2.18. The second-order valence-corrected chi connectivity index (χ2v) is 3.11. The minimum atomic E-state index is -1.21. The monoisotopic (exact) mass is 226 g/mol. The Kier molecular flexibility index (Phi) is 3.99. The number of ether oxygens (including phenoxy) is 1. The van der Waals surface area contributed by atoms with Crippen LogP contribution in [0.15, 0.2) is 30.3 Å². The predicted octanol–water partition coefficient (Wildman–Crippen LogP) is 0.976. The number of carbonyl (C=O) groups excluding carboxylic acids is 2. The molecule has 1 rings (SSSR count). The van der Waals surface area contributed by atoms with Gasteiger partial charge in [-0.15, -0.1) is 12.6 Å². The van der Waals surface area contributed by atoms with E-state index >= 15 is 0 Å². The van der Waals surface area contributed by atoms with Gasteiger partial charge in [0, 0.05) is 5.69 Å². The van der Waals surface area contributed by atoms with E-state index in [-0.39, 0.29) is 0 Å². The summed E-state index contributed by atoms with van der Waals surface area (Å²) in [5.41, 5.74) is 4.12. The molecular formula is C9H10N2O3S. The maximum absolute atomic E-state index is 11.3. The lowest BCUT2D eigenvalue weighted by Gasteiger charge is -2.10. The van der Waals surface area contributed by atoms with Crippen molar-refractivity contribution in [2.24, 2.45) is 5.73 Å². The summed E-state index contributed by atoms with van der Waals surface area (Å²) in [5.74, 6) is -0.552. The van der Waals surface area contributed by atoms with E-state index in [4.69, 9.17) is 5.73 Å². The number of benzene rings is 1. The second-order valence-electron chi connectivity index (χ2n) is 2.64. The van der Waals surface area contributed by atoms with E-state index in [9.17, 15) is 9.59 Å². The van der Waals surface area contributed by atoms with Crippen molar-refractivity contribution >= 4 is 30.3 Å². The SMILES string of the molecule is NC(=O)OC(S)C(=O)Nc1ccccc1. The minimum absolute atomic E-state index is 0.552. The zero-order valence-corrected chi connectivity index (χ0v) is 8.61. The number of anilines is 1. The summed E-state index contributed by atoms with van der Waals surface area (Å²) < 4.78 is 4.38. The van der Waals surface area contributed by atoms with E-state index in [1.807, 2.05) is 6.07 Å². The fourth-order valence-electron chi connectivity index (χ4n) is 0.889. The highest BCUT2D eigenvalue weighted by Crippen LogP contribution is 2.07. The first-order valence-corrected chi connectivity index (χ1v) is 4.61. The van der Waals surface area contributed by atoms with Crippen LogP contribution >= 0.6 is 12.6 Å². The second kappa shape index (κ2) is 5.26. The smallest absolute Gasteiger partial charge is 0.406 e. The third-order valence-electron chi connectivity index (χ3n) is 1.49. The van der Waals surface area contributed by atoms with E-state index in [1.54, 1.807) is 24.3 Å². The van der Waals surface area contributed by atoms with Crippen LogP contribution in [0.4, 0.5) is 10.5 Å². The molecule has 1 atom stereocenters. The molecule has 0 saturated carbocycles. The number of carbonyl (C=O) groups is 2. The van der Waals surface area contributed by atoms with E-state index < -0.39 is 17.4 Å². The highest BCUT2D eigenvalue weighted by atomic mass is 32.1. The molecule has 0 aliphatic rings. The van der Waals surface area contributed by atoms with Gasteiger partial charge in [-0.1, -0.05) is 18.2 Å². The molecular weight excluding hydrogens is 216 g/mol. The number of thiol groups is 1. The quantitative estimate of drug-likeness (QED) is 0.530. The Hall–Kier alpha value is -1.69. The van der Waals surface area contributed by atoms with Crippen molar-refractivity contribution in [1.82, 2.24) is 0 Å². The van der Waals surface area contributed by atoms with Gasteiger partial charge in [0.15, 0.2) is 0 Å². The number of nitrogens with two attached hydrogens (primary N) is 1. The zero-order valence-electron chi connectivity index (χ0n) is 7.71. The lowest BCUT2D eigenvalue weighted by Crippen LogP contribution is -2.30. The van der Waals surface area contributed by atoms with Crippen molar-refractivity contribution in [2.75, 3.05) is 5.32 Å². The highest BCUT2D eigenvalue weighted by Gasteiger charge is 2.16. The molecule has 80 valence electrons. The summed E-state index contributed by atoms with van der Waals surface area (Å²) in [6.07, 6.45) is -1.04. The molecule has 0 aromatic heterocycles. The van der Waals surface area contributed by atoms with Crippen LogP contribution in [-0.2, 0) is 9.53 Å². The van der Waals surface area contributed by atoms with Crippen LogP contribution < -0.4 is 11.1 Å². The molecule has 0 heterocycles. The molecule has 0 aliphatic carbocycles. The fourth-order valence-corrected chi connectivity index (χ4v) is 1.06. The molecule has 0 bridgehead atoms. The van der Waals surface area contributed by atoms with Crippen molar-refractivity contribution in [2.45, 2.75) is 5.44 Å². The van der Waals surface area contributed by atoms with Gasteiger partial charge in [0.2, 0.25) is 5.44 Å². The summed E-state index contributed by atoms with van der Waals surface area (Å²) in [5, 5.41) is 2.50. The van der Waals surface area contributed by atoms with Gasteiger partial charge >= 0.3 is 6.09 Å². The third-order valence-corrected chi connectivity index (χ3v) is 1.83. The van der Waals surface area contributed by atoms with E-state index in [0.717, 1.165) is 0 Å². The van der Waals surface area contributed by atoms with Gasteiger partial charge in [0.05, 0.1) is 0 Å². The third kappa shape index (κ3) is 3.90. The molecule has 6 heteroatoms. The number of primary amides is 1. The Morgan fingerprint density at radius 1 is 1.33 bits per heavy atom. The first kappa shape index (κ1) is 11.4. The average molecular weight is 226 g/mol. The molecule has 5 nitrogen and oxygen atoms in total. The number of nitrogens with one attached hydrogen (secondary N) is 1. The molecule has 0 radical (unpaired) electrons. The molecule has 0 aliphatic heterocycles. The van der Waals surface area contributed by atoms with Crippen molar-refractivity contribution < 1.29 is 14.3 Å². The first-order chi connectivity index (χ1) is 7.09. The number of para-hydroxylation sites is 1. The first-order valence-electron chi connectivity index (χ1n) is 4.09. The maximum Gasteiger partial charge on any atom is 0.406 e. The number of rotatable bonds is 3. The minimum Gasteiger partial charge on any atom is -0.425 e. The van der Waals surface area contributed by atoms with Crippen LogP contribution in [0, 0.1) is 0 Å². The Bertz CT molecular complexity index is 356. The van der Waals surface area contributed by atoms with Crippen LogP contribution in [0.2, 0.25) is 0 Å². The number of hydrogen-bond donors (Lipinski definition) is 3. The Labute approximate surface area is 92.0 Å². The van der Waals surface area contributed by atoms with Crippen molar-refractivity contribution in [1.29, 1.82) is 0 Å². The van der Waals surface area contributed by atoms with Gasteiger partial charge in [0.1, 0.15) is 0 Å². The van der Waals surface area contributed by atoms with Gasteiger partial charge in [0.25, 0.3) is 5.91 Å². The largest absolute Gasteiger partial charge is 0.425 e. The molecule has 0 fully saturated rings. The molecule has 15 heavy (non-hydrogen) atoms. The van der Waals surface area contributed by atoms with Gasteiger partial charge in [-0.3, -0.25) is 4.79 Å². The molecule has 2 amide bonds. The predicted molar refractivity (Wildman–Crippen MR) is 58.5 cm³/mol. The van der Waals surface area contributed by atoms with Crippen molar-refractivity contribution in [3.8, 4) is 0 Å². The lowest BCUT2D eigenvalue weighted by molar-refractivity contribution is -0.120. The summed E-state index contributed by atoms with van der Waals surface area (Å²) in [4.78, 5) is 21.7. The normalized spacial score (nSPS) is 11.5.